The monoisotopic (exact) mass is 1330 g/mol. The third-order valence-electron chi connectivity index (χ3n) is 19.7. The van der Waals surface area contributed by atoms with Gasteiger partial charge in [-0.05, 0) is 139 Å². The van der Waals surface area contributed by atoms with Gasteiger partial charge in [0.1, 0.15) is 0 Å². The number of hydrogen-bond donors (Lipinski definition) is 0. The normalized spacial score (nSPS) is 15.5. The Kier molecular flexibility index (Phi) is 38.9. The molecule has 0 aromatic carbocycles. The molecule has 0 aromatic rings. The van der Waals surface area contributed by atoms with Crippen molar-refractivity contribution in [3.63, 3.8) is 0 Å². The molecule has 0 aromatic heterocycles. The molecule has 0 unspecified atom stereocenters. The summed E-state index contributed by atoms with van der Waals surface area (Å²) >= 11 is 23.6. The first kappa shape index (κ1) is 88.6. The smallest absolute Gasteiger partial charge is 0.726 e. The maximum absolute atomic E-state index is 6.14. The molecule has 0 saturated carbocycles. The summed E-state index contributed by atoms with van der Waals surface area (Å²) < 4.78 is 28.2. The van der Waals surface area contributed by atoms with Crippen molar-refractivity contribution < 1.29 is 40.0 Å². The second-order valence-electron chi connectivity index (χ2n) is 27.6. The Morgan fingerprint density at radius 1 is 0.182 bits per heavy atom. The first-order chi connectivity index (χ1) is 33.8. The van der Waals surface area contributed by atoms with Crippen LogP contribution < -0.4 is 0 Å². The number of rotatable bonds is 20. The topological polar surface area (TPSA) is 36.9 Å². The molecule has 0 aliphatic carbocycles. The van der Waals surface area contributed by atoms with Crippen LogP contribution in [0.2, 0.25) is 0 Å². The Morgan fingerprint density at radius 2 is 0.247 bits per heavy atom. The van der Waals surface area contributed by atoms with E-state index in [1.54, 1.807) is 0 Å². The Labute approximate surface area is 523 Å². The predicted molar refractivity (Wildman–Crippen MR) is 387 cm³/mol. The zero-order valence-corrected chi connectivity index (χ0v) is 67.4. The second-order valence-corrected chi connectivity index (χ2v) is 57.0. The summed E-state index contributed by atoms with van der Waals surface area (Å²) in [4.78, 5) is 0. The van der Waals surface area contributed by atoms with Gasteiger partial charge in [0.25, 0.3) is 0 Å². The summed E-state index contributed by atoms with van der Waals surface area (Å²) in [5, 5.41) is 8.71. The molecule has 0 rings (SSSR count). The summed E-state index contributed by atoms with van der Waals surface area (Å²) in [5.41, 5.74) is 0. The quantitative estimate of drug-likeness (QED) is 0.0678. The summed E-state index contributed by atoms with van der Waals surface area (Å²) in [7, 11) is -7.99. The van der Waals surface area contributed by atoms with Crippen LogP contribution in [0.5, 0.6) is 0 Å². The van der Waals surface area contributed by atoms with Gasteiger partial charge in [0.2, 0.25) is 0 Å². The molecule has 77 heavy (non-hydrogen) atoms. The van der Waals surface area contributed by atoms with Gasteiger partial charge in [-0.3, -0.25) is 0 Å². The van der Waals surface area contributed by atoms with Crippen LogP contribution in [0.25, 0.3) is 0 Å². The summed E-state index contributed by atoms with van der Waals surface area (Å²) in [6, 6.07) is 0. The van der Waals surface area contributed by atoms with Crippen LogP contribution in [0.3, 0.4) is 0 Å². The molecule has 0 heterocycles. The molecule has 4 nitrogen and oxygen atoms in total. The number of hydrogen-bond acceptors (Lipinski definition) is 8. The summed E-state index contributed by atoms with van der Waals surface area (Å²) in [6.45, 7) is 91.7. The van der Waals surface area contributed by atoms with Crippen molar-refractivity contribution in [3.8, 4) is 0 Å². The predicted octanol–water partition coefficient (Wildman–Crippen LogP) is 20.1. The minimum absolute atomic E-state index is 0. The minimum Gasteiger partial charge on any atom is -0.726 e. The molecule has 0 spiro atoms. The third-order valence-corrected chi connectivity index (χ3v) is 61.8. The molecule has 0 amide bonds. The molecule has 0 bridgehead atoms. The van der Waals surface area contributed by atoms with Crippen molar-refractivity contribution in [2.45, 2.75) is 385 Å². The fraction of sp³-hybridized carbons (Fsp3) is 0.938. The molecule has 474 valence electrons. The van der Waals surface area contributed by atoms with Crippen LogP contribution in [-0.4, -0.2) is 126 Å². The first-order valence-corrected chi connectivity index (χ1v) is 41.1. The Morgan fingerprint density at radius 3 is 0.286 bits per heavy atom. The van der Waals surface area contributed by atoms with E-state index in [4.69, 9.17) is 69.5 Å². The minimum atomic E-state index is -2.00. The van der Waals surface area contributed by atoms with Crippen molar-refractivity contribution in [2.24, 2.45) is 0 Å². The van der Waals surface area contributed by atoms with Gasteiger partial charge >= 0.3 is 21.1 Å². The van der Waals surface area contributed by atoms with Crippen molar-refractivity contribution in [1.82, 2.24) is 0 Å². The Hall–Kier alpha value is 2.81. The van der Waals surface area contributed by atoms with Gasteiger partial charge < -0.3 is 69.5 Å². The van der Waals surface area contributed by atoms with E-state index in [2.05, 4.69) is 277 Å². The van der Waals surface area contributed by atoms with E-state index < -0.39 is 35.0 Å². The van der Waals surface area contributed by atoms with Crippen molar-refractivity contribution in [3.05, 3.63) is 0 Å². The van der Waals surface area contributed by atoms with Crippen molar-refractivity contribution in [1.29, 1.82) is 0 Å². The van der Waals surface area contributed by atoms with Gasteiger partial charge in [0, 0.05) is 0 Å². The molecule has 0 radical (unpaired) electrons. The average Bonchev–Trinajstić information content (AvgIpc) is 3.17. The molecule has 13 heteroatoms. The van der Waals surface area contributed by atoms with Crippen LogP contribution in [0.1, 0.15) is 277 Å². The average molecular weight is 1330 g/mol. The maximum Gasteiger partial charge on any atom is 4.00 e. The van der Waals surface area contributed by atoms with E-state index in [1.165, 1.54) is 0 Å². The standard InChI is InChI=1S/4C16H36OS2.Mo/c4*1-11(2)17-16(18)19(12(3)4,13(5)6,14(7)8)15(9)10;/h4*11-15,18H,1-10H3;/q;;;;+4/p-4. The third kappa shape index (κ3) is 14.5. The summed E-state index contributed by atoms with van der Waals surface area (Å²) in [6.07, 6.45) is 0.659. The first-order valence-electron chi connectivity index (χ1n) is 30.3. The van der Waals surface area contributed by atoms with Gasteiger partial charge in [-0.2, -0.15) is 0 Å². The van der Waals surface area contributed by atoms with Gasteiger partial charge in [0.15, 0.2) is 0 Å². The SMILES string of the molecule is CC(C)OC([S-])=S(C(C)C)(C(C)C)(C(C)C)C(C)C.CC(C)OC([S-])=S(C(C)C)(C(C)C)(C(C)C)C(C)C.CC(C)OC([S-])=S(C(C)C)(C(C)C)(C(C)C)C(C)C.CC(C)OC([S-])=S(C(C)C)(C(C)C)(C(C)C)C(C)C.[Mo+4]. The molecule has 0 aliphatic rings. The van der Waals surface area contributed by atoms with E-state index in [9.17, 15) is 0 Å². The van der Waals surface area contributed by atoms with Crippen LogP contribution >= 0.6 is 35.0 Å². The molecular formula is C64H140MoO4S8. The van der Waals surface area contributed by atoms with E-state index >= 15 is 0 Å². The van der Waals surface area contributed by atoms with Crippen LogP contribution in [0.15, 0.2) is 0 Å². The van der Waals surface area contributed by atoms with E-state index in [0.717, 1.165) is 17.5 Å². The van der Waals surface area contributed by atoms with Gasteiger partial charge in [0.05, 0.1) is 24.4 Å². The fourth-order valence-electron chi connectivity index (χ4n) is 17.4. The largest absolute Gasteiger partial charge is 4.00 e. The van der Waals surface area contributed by atoms with Crippen LogP contribution in [-0.2, 0) is 90.5 Å². The molecule has 0 atom stereocenters. The molecule has 0 saturated heterocycles. The number of ether oxygens (including phenoxy) is 4. The van der Waals surface area contributed by atoms with Crippen LogP contribution in [0.4, 0.5) is 0 Å². The van der Waals surface area contributed by atoms with Gasteiger partial charge in [-0.25, -0.2) is 35.0 Å². The maximum atomic E-state index is 6.14. The Bertz CT molecular complexity index is 1530. The Balaban J connectivity index is -0.000000298. The van der Waals surface area contributed by atoms with Crippen molar-refractivity contribution in [2.75, 3.05) is 0 Å². The molecule has 0 N–H and O–H groups in total. The van der Waals surface area contributed by atoms with E-state index in [0.29, 0.717) is 84.0 Å². The zero-order chi connectivity index (χ0) is 62.5. The molecule has 0 aliphatic heterocycles. The van der Waals surface area contributed by atoms with Gasteiger partial charge in [-0.15, -0.1) is 0 Å². The van der Waals surface area contributed by atoms with Gasteiger partial charge in [-0.1, -0.05) is 239 Å². The van der Waals surface area contributed by atoms with Crippen molar-refractivity contribution >= 4 is 103 Å². The zero-order valence-electron chi connectivity index (χ0n) is 58.9. The summed E-state index contributed by atoms with van der Waals surface area (Å²) in [5.74, 6) is 0. The van der Waals surface area contributed by atoms with E-state index in [-0.39, 0.29) is 45.5 Å². The second kappa shape index (κ2) is 33.8. The molecular weight excluding hydrogens is 1190 g/mol. The van der Waals surface area contributed by atoms with Crippen LogP contribution in [0, 0.1) is 0 Å². The fourth-order valence-corrected chi connectivity index (χ4v) is 61.3. The van der Waals surface area contributed by atoms with E-state index in [1.807, 2.05) is 0 Å². The molecule has 0 fully saturated rings.